The Balaban J connectivity index is 2.86. The number of halogens is 1. The highest BCUT2D eigenvalue weighted by Gasteiger charge is 2.18. The summed E-state index contributed by atoms with van der Waals surface area (Å²) in [5.74, 6) is 1.05. The molecule has 0 heterocycles. The van der Waals surface area contributed by atoms with Gasteiger partial charge in [0, 0.05) is 10.7 Å². The minimum atomic E-state index is 0.169. The number of hydrogen-bond acceptors (Lipinski definition) is 1. The van der Waals surface area contributed by atoms with Crippen LogP contribution in [-0.4, -0.2) is 11.9 Å². The molecule has 0 fully saturated rings. The highest BCUT2D eigenvalue weighted by atomic mass is 79.9. The van der Waals surface area contributed by atoms with Gasteiger partial charge in [0.25, 0.3) is 0 Å². The smallest absolute Gasteiger partial charge is 0.125 e. The molecule has 90 valence electrons. The average Bonchev–Trinajstić information content (AvgIpc) is 2.24. The third kappa shape index (κ3) is 3.24. The van der Waals surface area contributed by atoms with Crippen LogP contribution in [0.25, 0.3) is 0 Å². The van der Waals surface area contributed by atoms with Crippen molar-refractivity contribution in [1.29, 1.82) is 0 Å². The molecule has 0 spiro atoms. The molecule has 0 aliphatic carbocycles. The standard InChI is InChI=1S/C14H21BrO/c1-10-6-7-11(2)13(12(10)3)16-9-14(4,5)8-15/h6-7H,8-9H2,1-5H3. The first-order chi connectivity index (χ1) is 7.37. The fourth-order valence-corrected chi connectivity index (χ4v) is 1.62. The average molecular weight is 285 g/mol. The van der Waals surface area contributed by atoms with E-state index in [0.717, 1.165) is 17.7 Å². The summed E-state index contributed by atoms with van der Waals surface area (Å²) in [6.45, 7) is 11.5. The van der Waals surface area contributed by atoms with Crippen molar-refractivity contribution in [2.24, 2.45) is 5.41 Å². The van der Waals surface area contributed by atoms with E-state index in [2.05, 4.69) is 62.7 Å². The van der Waals surface area contributed by atoms with Crippen LogP contribution in [0.15, 0.2) is 12.1 Å². The Morgan fingerprint density at radius 3 is 2.25 bits per heavy atom. The summed E-state index contributed by atoms with van der Waals surface area (Å²) >= 11 is 3.52. The first kappa shape index (κ1) is 13.6. The monoisotopic (exact) mass is 284 g/mol. The lowest BCUT2D eigenvalue weighted by Crippen LogP contribution is -2.23. The molecule has 0 bridgehead atoms. The second-order valence-electron chi connectivity index (χ2n) is 5.24. The Kier molecular flexibility index (Phi) is 4.43. The first-order valence-corrected chi connectivity index (χ1v) is 6.75. The normalized spacial score (nSPS) is 11.6. The fourth-order valence-electron chi connectivity index (χ4n) is 1.45. The van der Waals surface area contributed by atoms with Gasteiger partial charge in [-0.25, -0.2) is 0 Å². The molecule has 0 radical (unpaired) electrons. The number of rotatable bonds is 4. The van der Waals surface area contributed by atoms with Gasteiger partial charge >= 0.3 is 0 Å². The molecule has 0 amide bonds. The Morgan fingerprint density at radius 2 is 1.69 bits per heavy atom. The van der Waals surface area contributed by atoms with Crippen LogP contribution in [0.2, 0.25) is 0 Å². The van der Waals surface area contributed by atoms with Crippen LogP contribution in [0.4, 0.5) is 0 Å². The molecule has 0 N–H and O–H groups in total. The van der Waals surface area contributed by atoms with E-state index in [-0.39, 0.29) is 5.41 Å². The van der Waals surface area contributed by atoms with Crippen molar-refractivity contribution in [1.82, 2.24) is 0 Å². The van der Waals surface area contributed by atoms with E-state index in [1.54, 1.807) is 0 Å². The molecule has 1 nitrogen and oxygen atoms in total. The molecule has 1 rings (SSSR count). The fraction of sp³-hybridized carbons (Fsp3) is 0.571. The SMILES string of the molecule is Cc1ccc(C)c(OCC(C)(C)CBr)c1C. The molecule has 0 saturated carbocycles. The molecule has 1 aromatic carbocycles. The van der Waals surface area contributed by atoms with Crippen molar-refractivity contribution in [2.45, 2.75) is 34.6 Å². The number of ether oxygens (including phenoxy) is 1. The minimum absolute atomic E-state index is 0.169. The zero-order valence-electron chi connectivity index (χ0n) is 10.9. The summed E-state index contributed by atoms with van der Waals surface area (Å²) in [6.07, 6.45) is 0. The lowest BCUT2D eigenvalue weighted by atomic mass is 9.98. The summed E-state index contributed by atoms with van der Waals surface area (Å²) < 4.78 is 5.97. The number of benzene rings is 1. The van der Waals surface area contributed by atoms with Gasteiger partial charge in [-0.2, -0.15) is 0 Å². The predicted molar refractivity (Wildman–Crippen MR) is 73.7 cm³/mol. The molecular formula is C14H21BrO. The van der Waals surface area contributed by atoms with Crippen LogP contribution in [0.3, 0.4) is 0 Å². The van der Waals surface area contributed by atoms with E-state index in [1.807, 2.05) is 0 Å². The van der Waals surface area contributed by atoms with Crippen LogP contribution in [0.5, 0.6) is 5.75 Å². The van der Waals surface area contributed by atoms with Gasteiger partial charge in [0.1, 0.15) is 5.75 Å². The lowest BCUT2D eigenvalue weighted by Gasteiger charge is -2.23. The van der Waals surface area contributed by atoms with Crippen molar-refractivity contribution in [3.8, 4) is 5.75 Å². The van der Waals surface area contributed by atoms with E-state index in [1.165, 1.54) is 16.7 Å². The maximum Gasteiger partial charge on any atom is 0.125 e. The zero-order valence-corrected chi connectivity index (χ0v) is 12.4. The number of aryl methyl sites for hydroxylation is 2. The van der Waals surface area contributed by atoms with Gasteiger partial charge in [0.2, 0.25) is 0 Å². The van der Waals surface area contributed by atoms with Crippen LogP contribution >= 0.6 is 15.9 Å². The Bertz CT molecular complexity index is 369. The zero-order chi connectivity index (χ0) is 12.3. The topological polar surface area (TPSA) is 9.23 Å². The van der Waals surface area contributed by atoms with E-state index >= 15 is 0 Å². The molecule has 2 heteroatoms. The van der Waals surface area contributed by atoms with E-state index in [9.17, 15) is 0 Å². The highest BCUT2D eigenvalue weighted by molar-refractivity contribution is 9.09. The molecule has 0 aliphatic rings. The Morgan fingerprint density at radius 1 is 1.12 bits per heavy atom. The Hall–Kier alpha value is -0.500. The summed E-state index contributed by atoms with van der Waals surface area (Å²) in [6, 6.07) is 4.27. The van der Waals surface area contributed by atoms with Gasteiger partial charge < -0.3 is 4.74 Å². The van der Waals surface area contributed by atoms with E-state index in [4.69, 9.17) is 4.74 Å². The first-order valence-electron chi connectivity index (χ1n) is 5.63. The van der Waals surface area contributed by atoms with Gasteiger partial charge in [-0.05, 0) is 37.5 Å². The lowest BCUT2D eigenvalue weighted by molar-refractivity contribution is 0.201. The summed E-state index contributed by atoms with van der Waals surface area (Å²) in [5, 5.41) is 0.948. The minimum Gasteiger partial charge on any atom is -0.492 e. The quantitative estimate of drug-likeness (QED) is 0.744. The second-order valence-corrected chi connectivity index (χ2v) is 5.80. The van der Waals surface area contributed by atoms with Crippen LogP contribution < -0.4 is 4.74 Å². The molecule has 0 aliphatic heterocycles. The molecule has 16 heavy (non-hydrogen) atoms. The molecule has 0 atom stereocenters. The van der Waals surface area contributed by atoms with E-state index in [0.29, 0.717) is 0 Å². The van der Waals surface area contributed by atoms with Gasteiger partial charge in [-0.1, -0.05) is 41.9 Å². The van der Waals surface area contributed by atoms with Gasteiger partial charge in [0.15, 0.2) is 0 Å². The van der Waals surface area contributed by atoms with Crippen molar-refractivity contribution < 1.29 is 4.74 Å². The Labute approximate surface area is 107 Å². The summed E-state index contributed by atoms with van der Waals surface area (Å²) in [4.78, 5) is 0. The van der Waals surface area contributed by atoms with Crippen LogP contribution in [-0.2, 0) is 0 Å². The van der Waals surface area contributed by atoms with Gasteiger partial charge in [0.05, 0.1) is 6.61 Å². The summed E-state index contributed by atoms with van der Waals surface area (Å²) in [7, 11) is 0. The maximum absolute atomic E-state index is 5.97. The molecule has 1 aromatic rings. The molecular weight excluding hydrogens is 264 g/mol. The third-order valence-corrected chi connectivity index (χ3v) is 4.36. The van der Waals surface area contributed by atoms with Crippen molar-refractivity contribution >= 4 is 15.9 Å². The summed E-state index contributed by atoms with van der Waals surface area (Å²) in [5.41, 5.74) is 3.93. The van der Waals surface area contributed by atoms with Crippen LogP contribution in [0.1, 0.15) is 30.5 Å². The van der Waals surface area contributed by atoms with Crippen molar-refractivity contribution in [3.05, 3.63) is 28.8 Å². The number of hydrogen-bond donors (Lipinski definition) is 0. The largest absolute Gasteiger partial charge is 0.492 e. The van der Waals surface area contributed by atoms with Crippen molar-refractivity contribution in [2.75, 3.05) is 11.9 Å². The molecule has 0 unspecified atom stereocenters. The second kappa shape index (κ2) is 5.22. The molecule has 0 saturated heterocycles. The number of alkyl halides is 1. The van der Waals surface area contributed by atoms with Crippen molar-refractivity contribution in [3.63, 3.8) is 0 Å². The highest BCUT2D eigenvalue weighted by Crippen LogP contribution is 2.28. The predicted octanol–water partition coefficient (Wildman–Crippen LogP) is 4.41. The van der Waals surface area contributed by atoms with E-state index < -0.39 is 0 Å². The molecule has 0 aromatic heterocycles. The third-order valence-electron chi connectivity index (χ3n) is 2.84. The van der Waals surface area contributed by atoms with Gasteiger partial charge in [-0.3, -0.25) is 0 Å². The van der Waals surface area contributed by atoms with Crippen LogP contribution in [0, 0.1) is 26.2 Å². The maximum atomic E-state index is 5.97. The van der Waals surface area contributed by atoms with Gasteiger partial charge in [-0.15, -0.1) is 0 Å².